The summed E-state index contributed by atoms with van der Waals surface area (Å²) in [5.41, 5.74) is 4.17. The number of halogens is 2. The van der Waals surface area contributed by atoms with Gasteiger partial charge >= 0.3 is 5.97 Å². The van der Waals surface area contributed by atoms with E-state index in [1.165, 1.54) is 11.3 Å². The Labute approximate surface area is 249 Å². The molecule has 0 N–H and O–H groups in total. The van der Waals surface area contributed by atoms with Gasteiger partial charge in [0.15, 0.2) is 4.80 Å². The Morgan fingerprint density at radius 3 is 2.52 bits per heavy atom. The number of nitrogens with zero attached hydrogens (tertiary/aromatic N) is 2. The Balaban J connectivity index is 1.61. The number of aromatic nitrogens is 1. The van der Waals surface area contributed by atoms with Crippen molar-refractivity contribution in [1.82, 2.24) is 4.57 Å². The normalized spacial score (nSPS) is 15.0. The van der Waals surface area contributed by atoms with Crippen molar-refractivity contribution in [2.24, 2.45) is 4.99 Å². The molecular formula is C31H26BrClN2O4S. The summed E-state index contributed by atoms with van der Waals surface area (Å²) in [6, 6.07) is 20.3. The van der Waals surface area contributed by atoms with Crippen LogP contribution in [0.2, 0.25) is 5.02 Å². The first-order valence-electron chi connectivity index (χ1n) is 12.7. The molecule has 0 aliphatic carbocycles. The second-order valence-electron chi connectivity index (χ2n) is 9.31. The molecule has 0 amide bonds. The summed E-state index contributed by atoms with van der Waals surface area (Å²) in [5, 5.41) is 0.521. The average Bonchev–Trinajstić information content (AvgIpc) is 3.23. The molecule has 5 rings (SSSR count). The van der Waals surface area contributed by atoms with Crippen molar-refractivity contribution in [2.45, 2.75) is 33.4 Å². The lowest BCUT2D eigenvalue weighted by atomic mass is 9.95. The van der Waals surface area contributed by atoms with E-state index >= 15 is 0 Å². The molecule has 1 aromatic heterocycles. The van der Waals surface area contributed by atoms with Crippen molar-refractivity contribution in [3.05, 3.63) is 129 Å². The van der Waals surface area contributed by atoms with E-state index in [2.05, 4.69) is 20.9 Å². The van der Waals surface area contributed by atoms with Crippen LogP contribution in [0.5, 0.6) is 5.75 Å². The highest BCUT2D eigenvalue weighted by molar-refractivity contribution is 9.10. The molecule has 0 fully saturated rings. The number of carbonyl (C=O) groups excluding carboxylic acids is 1. The molecular weight excluding hydrogens is 612 g/mol. The minimum Gasteiger partial charge on any atom is -0.488 e. The van der Waals surface area contributed by atoms with Gasteiger partial charge in [0.25, 0.3) is 5.56 Å². The first-order valence-corrected chi connectivity index (χ1v) is 14.7. The highest BCUT2D eigenvalue weighted by Crippen LogP contribution is 2.31. The number of rotatable bonds is 7. The second kappa shape index (κ2) is 12.0. The molecule has 2 heterocycles. The number of benzene rings is 3. The Bertz CT molecular complexity index is 1790. The molecule has 40 heavy (non-hydrogen) atoms. The SMILES string of the molecule is CCOC(=O)C1=C(C)N=c2s/c(=C\c3cc(Cl)ccc3OCc3ccc(Br)cc3)c(=O)n2[C@H]1c1ccc(C)cc1. The van der Waals surface area contributed by atoms with E-state index in [1.807, 2.05) is 55.5 Å². The van der Waals surface area contributed by atoms with Crippen molar-refractivity contribution >= 4 is 50.9 Å². The summed E-state index contributed by atoms with van der Waals surface area (Å²) in [7, 11) is 0. The lowest BCUT2D eigenvalue weighted by molar-refractivity contribution is -0.139. The molecule has 0 saturated heterocycles. The first-order chi connectivity index (χ1) is 19.2. The van der Waals surface area contributed by atoms with Gasteiger partial charge in [-0.2, -0.15) is 0 Å². The fourth-order valence-electron chi connectivity index (χ4n) is 4.50. The van der Waals surface area contributed by atoms with E-state index in [-0.39, 0.29) is 12.2 Å². The van der Waals surface area contributed by atoms with Crippen molar-refractivity contribution in [1.29, 1.82) is 0 Å². The van der Waals surface area contributed by atoms with E-state index in [9.17, 15) is 9.59 Å². The number of fused-ring (bicyclic) bond motifs is 1. The molecule has 0 saturated carbocycles. The molecule has 1 aliphatic heterocycles. The third-order valence-electron chi connectivity index (χ3n) is 6.48. The van der Waals surface area contributed by atoms with E-state index in [0.29, 0.717) is 43.5 Å². The number of ether oxygens (including phenoxy) is 2. The summed E-state index contributed by atoms with van der Waals surface area (Å²) >= 11 is 11.0. The highest BCUT2D eigenvalue weighted by Gasteiger charge is 2.33. The number of aryl methyl sites for hydroxylation is 1. The van der Waals surface area contributed by atoms with Gasteiger partial charge in [-0.25, -0.2) is 9.79 Å². The minimum atomic E-state index is -0.662. The molecule has 9 heteroatoms. The van der Waals surface area contributed by atoms with Gasteiger partial charge in [-0.1, -0.05) is 80.8 Å². The van der Waals surface area contributed by atoms with Crippen LogP contribution in [0.3, 0.4) is 0 Å². The smallest absolute Gasteiger partial charge is 0.338 e. The van der Waals surface area contributed by atoms with E-state index in [0.717, 1.165) is 21.2 Å². The standard InChI is InChI=1S/C31H26BrClN2O4S/c1-4-38-30(37)27-19(3)34-31-35(28(27)21-9-5-18(2)6-10-21)29(36)26(40-31)16-22-15-24(33)13-14-25(22)39-17-20-7-11-23(32)12-8-20/h5-16,28H,4,17H2,1-3H3/b26-16-/t28-/m0/s1. The maximum absolute atomic E-state index is 13.9. The van der Waals surface area contributed by atoms with Gasteiger partial charge in [-0.15, -0.1) is 0 Å². The van der Waals surface area contributed by atoms with Gasteiger partial charge < -0.3 is 9.47 Å². The lowest BCUT2D eigenvalue weighted by Gasteiger charge is -2.24. The number of carbonyl (C=O) groups is 1. The molecule has 0 spiro atoms. The fourth-order valence-corrected chi connectivity index (χ4v) is 5.98. The molecule has 3 aromatic carbocycles. The number of esters is 1. The molecule has 6 nitrogen and oxygen atoms in total. The van der Waals surface area contributed by atoms with Crippen LogP contribution in [-0.4, -0.2) is 17.1 Å². The Hall–Kier alpha value is -3.46. The number of hydrogen-bond acceptors (Lipinski definition) is 6. The average molecular weight is 638 g/mol. The van der Waals surface area contributed by atoms with Crippen molar-refractivity contribution < 1.29 is 14.3 Å². The van der Waals surface area contributed by atoms with Crippen molar-refractivity contribution in [3.63, 3.8) is 0 Å². The zero-order valence-electron chi connectivity index (χ0n) is 22.1. The van der Waals surface area contributed by atoms with Crippen LogP contribution in [0.25, 0.3) is 6.08 Å². The molecule has 0 radical (unpaired) electrons. The van der Waals surface area contributed by atoms with E-state index in [1.54, 1.807) is 42.7 Å². The molecule has 1 aliphatic rings. The molecule has 4 aromatic rings. The van der Waals surface area contributed by atoms with E-state index in [4.69, 9.17) is 21.1 Å². The predicted molar refractivity (Wildman–Crippen MR) is 162 cm³/mol. The van der Waals surface area contributed by atoms with Gasteiger partial charge in [0.1, 0.15) is 12.4 Å². The predicted octanol–water partition coefficient (Wildman–Crippen LogP) is 6.10. The second-order valence-corrected chi connectivity index (χ2v) is 11.7. The molecule has 204 valence electrons. The van der Waals surface area contributed by atoms with Crippen molar-refractivity contribution in [2.75, 3.05) is 6.61 Å². The summed E-state index contributed by atoms with van der Waals surface area (Å²) < 4.78 is 14.5. The van der Waals surface area contributed by atoms with Crippen LogP contribution in [0.4, 0.5) is 0 Å². The van der Waals surface area contributed by atoms with Crippen LogP contribution in [0.1, 0.15) is 42.1 Å². The number of allylic oxidation sites excluding steroid dienone is 1. The van der Waals surface area contributed by atoms with Gasteiger partial charge in [-0.3, -0.25) is 9.36 Å². The quantitative estimate of drug-likeness (QED) is 0.230. The van der Waals surface area contributed by atoms with Crippen LogP contribution in [-0.2, 0) is 16.1 Å². The largest absolute Gasteiger partial charge is 0.488 e. The van der Waals surface area contributed by atoms with Crippen LogP contribution >= 0.6 is 38.9 Å². The maximum Gasteiger partial charge on any atom is 0.338 e. The summed E-state index contributed by atoms with van der Waals surface area (Å²) in [4.78, 5) is 32.2. The summed E-state index contributed by atoms with van der Waals surface area (Å²) in [6.45, 7) is 6.09. The van der Waals surface area contributed by atoms with Crippen LogP contribution in [0.15, 0.2) is 92.3 Å². The van der Waals surface area contributed by atoms with Gasteiger partial charge in [-0.05, 0) is 68.3 Å². The van der Waals surface area contributed by atoms with Crippen LogP contribution in [0, 0.1) is 6.92 Å². The van der Waals surface area contributed by atoms with Gasteiger partial charge in [0.05, 0.1) is 28.5 Å². The molecule has 1 atom stereocenters. The topological polar surface area (TPSA) is 69.9 Å². The Kier molecular flexibility index (Phi) is 8.40. The molecule has 0 bridgehead atoms. The zero-order valence-corrected chi connectivity index (χ0v) is 25.3. The third-order valence-corrected chi connectivity index (χ3v) is 8.22. The highest BCUT2D eigenvalue weighted by atomic mass is 79.9. The minimum absolute atomic E-state index is 0.221. The molecule has 0 unspecified atom stereocenters. The van der Waals surface area contributed by atoms with E-state index < -0.39 is 12.0 Å². The third kappa shape index (κ3) is 5.84. The maximum atomic E-state index is 13.9. The van der Waals surface area contributed by atoms with Gasteiger partial charge in [0, 0.05) is 15.1 Å². The monoisotopic (exact) mass is 636 g/mol. The van der Waals surface area contributed by atoms with Crippen molar-refractivity contribution in [3.8, 4) is 5.75 Å². The van der Waals surface area contributed by atoms with Crippen LogP contribution < -0.4 is 19.6 Å². The van der Waals surface area contributed by atoms with Gasteiger partial charge in [0.2, 0.25) is 0 Å². The number of thiazole rings is 1. The summed E-state index contributed by atoms with van der Waals surface area (Å²) in [5.74, 6) is 0.110. The fraction of sp³-hybridized carbons (Fsp3) is 0.194. The first kappa shape index (κ1) is 28.1. The summed E-state index contributed by atoms with van der Waals surface area (Å²) in [6.07, 6.45) is 1.77. The number of hydrogen-bond donors (Lipinski definition) is 0. The Morgan fingerprint density at radius 2 is 1.82 bits per heavy atom. The lowest BCUT2D eigenvalue weighted by Crippen LogP contribution is -2.39. The zero-order chi connectivity index (χ0) is 28.4. The Morgan fingerprint density at radius 1 is 1.10 bits per heavy atom.